The molecule has 88 valence electrons. The highest BCUT2D eigenvalue weighted by atomic mass is 16.5. The van der Waals surface area contributed by atoms with Crippen LogP contribution >= 0.6 is 0 Å². The molecule has 0 aromatic rings. The van der Waals surface area contributed by atoms with Gasteiger partial charge < -0.3 is 10.1 Å². The molecule has 1 heterocycles. The molecule has 1 aliphatic heterocycles. The SMILES string of the molecule is CC(C)NC(=O)CN1C[C@H](C)OC[C@@H]1C. The maximum atomic E-state index is 11.6. The lowest BCUT2D eigenvalue weighted by molar-refractivity contribution is -0.126. The Balaban J connectivity index is 2.38. The fourth-order valence-electron chi connectivity index (χ4n) is 1.74. The Morgan fingerprint density at radius 3 is 2.80 bits per heavy atom. The first-order valence-corrected chi connectivity index (χ1v) is 5.64. The molecule has 1 aliphatic rings. The predicted molar refractivity (Wildman–Crippen MR) is 59.7 cm³/mol. The van der Waals surface area contributed by atoms with E-state index in [4.69, 9.17) is 4.74 Å². The first kappa shape index (κ1) is 12.5. The van der Waals surface area contributed by atoms with E-state index >= 15 is 0 Å². The standard InChI is InChI=1S/C11H22N2O2/c1-8(2)12-11(14)6-13-5-10(4)15-7-9(13)3/h8-10H,5-7H2,1-4H3,(H,12,14)/t9-,10-/m0/s1. The van der Waals surface area contributed by atoms with Gasteiger partial charge in [-0.2, -0.15) is 0 Å². The molecule has 0 saturated carbocycles. The number of rotatable bonds is 3. The van der Waals surface area contributed by atoms with Crippen LogP contribution in [0.5, 0.6) is 0 Å². The molecule has 0 aromatic carbocycles. The van der Waals surface area contributed by atoms with E-state index in [-0.39, 0.29) is 18.1 Å². The summed E-state index contributed by atoms with van der Waals surface area (Å²) in [6.45, 7) is 10.1. The molecule has 0 unspecified atom stereocenters. The quantitative estimate of drug-likeness (QED) is 0.749. The molecule has 0 bridgehead atoms. The van der Waals surface area contributed by atoms with E-state index in [0.717, 1.165) is 13.2 Å². The highest BCUT2D eigenvalue weighted by Gasteiger charge is 2.24. The van der Waals surface area contributed by atoms with E-state index in [1.54, 1.807) is 0 Å². The van der Waals surface area contributed by atoms with Crippen molar-refractivity contribution in [2.45, 2.75) is 45.9 Å². The molecule has 1 amide bonds. The molecule has 1 N–H and O–H groups in total. The number of ether oxygens (including phenoxy) is 1. The number of nitrogens with zero attached hydrogens (tertiary/aromatic N) is 1. The smallest absolute Gasteiger partial charge is 0.234 e. The van der Waals surface area contributed by atoms with Crippen molar-refractivity contribution in [1.82, 2.24) is 10.2 Å². The average molecular weight is 214 g/mol. The van der Waals surface area contributed by atoms with E-state index in [9.17, 15) is 4.79 Å². The summed E-state index contributed by atoms with van der Waals surface area (Å²) in [5, 5.41) is 2.90. The van der Waals surface area contributed by atoms with Crippen molar-refractivity contribution in [1.29, 1.82) is 0 Å². The molecule has 0 spiro atoms. The van der Waals surface area contributed by atoms with Crippen LogP contribution in [0.1, 0.15) is 27.7 Å². The summed E-state index contributed by atoms with van der Waals surface area (Å²) in [5.41, 5.74) is 0. The topological polar surface area (TPSA) is 41.6 Å². The molecule has 0 radical (unpaired) electrons. The van der Waals surface area contributed by atoms with Gasteiger partial charge in [0, 0.05) is 18.6 Å². The predicted octanol–water partition coefficient (Wildman–Crippen LogP) is 0.620. The van der Waals surface area contributed by atoms with Gasteiger partial charge in [0.05, 0.1) is 19.3 Å². The van der Waals surface area contributed by atoms with E-state index < -0.39 is 0 Å². The molecule has 15 heavy (non-hydrogen) atoms. The van der Waals surface area contributed by atoms with Crippen molar-refractivity contribution >= 4 is 5.91 Å². The minimum atomic E-state index is 0.103. The molecule has 4 heteroatoms. The van der Waals surface area contributed by atoms with Crippen molar-refractivity contribution in [2.24, 2.45) is 0 Å². The third-order valence-electron chi connectivity index (χ3n) is 2.53. The minimum Gasteiger partial charge on any atom is -0.376 e. The van der Waals surface area contributed by atoms with Crippen molar-refractivity contribution in [3.63, 3.8) is 0 Å². The van der Waals surface area contributed by atoms with Gasteiger partial charge in [0.2, 0.25) is 5.91 Å². The molecule has 1 rings (SSSR count). The number of nitrogens with one attached hydrogen (secondary N) is 1. The Hall–Kier alpha value is -0.610. The van der Waals surface area contributed by atoms with E-state index in [2.05, 4.69) is 17.1 Å². The maximum Gasteiger partial charge on any atom is 0.234 e. The molecule has 0 aliphatic carbocycles. The monoisotopic (exact) mass is 214 g/mol. The molecule has 4 nitrogen and oxygen atoms in total. The van der Waals surface area contributed by atoms with Crippen LogP contribution in [0.25, 0.3) is 0 Å². The largest absolute Gasteiger partial charge is 0.376 e. The third kappa shape index (κ3) is 4.18. The second kappa shape index (κ2) is 5.47. The summed E-state index contributed by atoms with van der Waals surface area (Å²) in [5.74, 6) is 0.103. The third-order valence-corrected chi connectivity index (χ3v) is 2.53. The summed E-state index contributed by atoms with van der Waals surface area (Å²) < 4.78 is 5.51. The van der Waals surface area contributed by atoms with Gasteiger partial charge in [0.25, 0.3) is 0 Å². The van der Waals surface area contributed by atoms with Gasteiger partial charge in [-0.15, -0.1) is 0 Å². The number of carbonyl (C=O) groups is 1. The molecular weight excluding hydrogens is 192 g/mol. The Morgan fingerprint density at radius 1 is 1.53 bits per heavy atom. The van der Waals surface area contributed by atoms with Crippen LogP contribution in [0.2, 0.25) is 0 Å². The maximum absolute atomic E-state index is 11.6. The number of morpholine rings is 1. The van der Waals surface area contributed by atoms with Gasteiger partial charge >= 0.3 is 0 Å². The highest BCUT2D eigenvalue weighted by molar-refractivity contribution is 5.78. The first-order valence-electron chi connectivity index (χ1n) is 5.64. The summed E-state index contributed by atoms with van der Waals surface area (Å²) in [6, 6.07) is 0.547. The van der Waals surface area contributed by atoms with Crippen molar-refractivity contribution in [2.75, 3.05) is 19.7 Å². The van der Waals surface area contributed by atoms with Gasteiger partial charge in [-0.25, -0.2) is 0 Å². The lowest BCUT2D eigenvalue weighted by Gasteiger charge is -2.36. The van der Waals surface area contributed by atoms with Gasteiger partial charge in [0.1, 0.15) is 0 Å². The van der Waals surface area contributed by atoms with E-state index in [1.807, 2.05) is 20.8 Å². The fourth-order valence-corrected chi connectivity index (χ4v) is 1.74. The molecule has 2 atom stereocenters. The van der Waals surface area contributed by atoms with Gasteiger partial charge in [-0.1, -0.05) is 0 Å². The minimum absolute atomic E-state index is 0.103. The summed E-state index contributed by atoms with van der Waals surface area (Å²) in [6.07, 6.45) is 0.230. The van der Waals surface area contributed by atoms with Crippen LogP contribution in [0.4, 0.5) is 0 Å². The lowest BCUT2D eigenvalue weighted by atomic mass is 10.2. The van der Waals surface area contributed by atoms with Crippen molar-refractivity contribution < 1.29 is 9.53 Å². The normalized spacial score (nSPS) is 28.1. The zero-order chi connectivity index (χ0) is 11.4. The van der Waals surface area contributed by atoms with E-state index in [0.29, 0.717) is 12.6 Å². The molecule has 0 aromatic heterocycles. The van der Waals surface area contributed by atoms with Crippen LogP contribution in [-0.2, 0) is 9.53 Å². The van der Waals surface area contributed by atoms with Crippen molar-refractivity contribution in [3.8, 4) is 0 Å². The van der Waals surface area contributed by atoms with Gasteiger partial charge in [-0.05, 0) is 27.7 Å². The zero-order valence-electron chi connectivity index (χ0n) is 10.1. The number of amides is 1. The average Bonchev–Trinajstić information content (AvgIpc) is 2.10. The Kier molecular flexibility index (Phi) is 4.54. The zero-order valence-corrected chi connectivity index (χ0v) is 10.1. The van der Waals surface area contributed by atoms with Crippen molar-refractivity contribution in [3.05, 3.63) is 0 Å². The van der Waals surface area contributed by atoms with Crippen LogP contribution in [0, 0.1) is 0 Å². The van der Waals surface area contributed by atoms with Crippen LogP contribution in [0.3, 0.4) is 0 Å². The lowest BCUT2D eigenvalue weighted by Crippen LogP contribution is -2.51. The first-order chi connectivity index (χ1) is 6.99. The summed E-state index contributed by atoms with van der Waals surface area (Å²) in [4.78, 5) is 13.8. The van der Waals surface area contributed by atoms with Crippen LogP contribution in [0.15, 0.2) is 0 Å². The van der Waals surface area contributed by atoms with Gasteiger partial charge in [0.15, 0.2) is 0 Å². The Bertz CT molecular complexity index is 219. The van der Waals surface area contributed by atoms with Crippen LogP contribution < -0.4 is 5.32 Å². The number of hydrogen-bond acceptors (Lipinski definition) is 3. The van der Waals surface area contributed by atoms with Crippen LogP contribution in [-0.4, -0.2) is 48.7 Å². The second-order valence-corrected chi connectivity index (χ2v) is 4.64. The van der Waals surface area contributed by atoms with Gasteiger partial charge in [-0.3, -0.25) is 9.69 Å². The summed E-state index contributed by atoms with van der Waals surface area (Å²) in [7, 11) is 0. The molecule has 1 fully saturated rings. The highest BCUT2D eigenvalue weighted by Crippen LogP contribution is 2.10. The van der Waals surface area contributed by atoms with E-state index in [1.165, 1.54) is 0 Å². The Morgan fingerprint density at radius 2 is 2.20 bits per heavy atom. The molecular formula is C11H22N2O2. The fraction of sp³-hybridized carbons (Fsp3) is 0.909. The number of hydrogen-bond donors (Lipinski definition) is 1. The second-order valence-electron chi connectivity index (χ2n) is 4.64. The summed E-state index contributed by atoms with van der Waals surface area (Å²) >= 11 is 0. The molecule has 1 saturated heterocycles. The Labute approximate surface area is 92.0 Å². The number of carbonyl (C=O) groups excluding carboxylic acids is 1.